The maximum absolute atomic E-state index is 14.3. The van der Waals surface area contributed by atoms with Crippen molar-refractivity contribution >= 4 is 23.4 Å². The molecule has 6 rings (SSSR count). The lowest BCUT2D eigenvalue weighted by molar-refractivity contribution is -0.138. The average molecular weight is 473 g/mol. The SMILES string of the molecule is O=C1NCCCN(C(=O)c2ccccc2)CCCN2C(=O)[C@@]3(c4ccccc42)[C@H]1C[C@@H]1CCCN13. The van der Waals surface area contributed by atoms with E-state index in [1.807, 2.05) is 64.4 Å². The number of nitrogens with zero attached hydrogens (tertiary/aromatic N) is 3. The number of fused-ring (bicyclic) bond motifs is 4. The van der Waals surface area contributed by atoms with Crippen LogP contribution in [0.2, 0.25) is 0 Å². The van der Waals surface area contributed by atoms with Gasteiger partial charge in [-0.25, -0.2) is 0 Å². The lowest BCUT2D eigenvalue weighted by Gasteiger charge is -2.37. The first-order valence-corrected chi connectivity index (χ1v) is 12.9. The van der Waals surface area contributed by atoms with Crippen molar-refractivity contribution in [2.24, 2.45) is 5.92 Å². The number of anilines is 1. The van der Waals surface area contributed by atoms with Crippen LogP contribution >= 0.6 is 0 Å². The van der Waals surface area contributed by atoms with Crippen molar-refractivity contribution in [1.29, 1.82) is 0 Å². The largest absolute Gasteiger partial charge is 0.356 e. The predicted molar refractivity (Wildman–Crippen MR) is 133 cm³/mol. The first-order valence-electron chi connectivity index (χ1n) is 12.9. The second kappa shape index (κ2) is 8.79. The van der Waals surface area contributed by atoms with Gasteiger partial charge in [-0.15, -0.1) is 0 Å². The Balaban J connectivity index is 1.35. The summed E-state index contributed by atoms with van der Waals surface area (Å²) < 4.78 is 0. The molecular weight excluding hydrogens is 440 g/mol. The number of hydrogen-bond acceptors (Lipinski definition) is 4. The van der Waals surface area contributed by atoms with Crippen molar-refractivity contribution in [3.63, 3.8) is 0 Å². The minimum absolute atomic E-state index is 0.00630. The molecule has 4 heterocycles. The first-order chi connectivity index (χ1) is 17.1. The molecular formula is C28H32N4O3. The number of para-hydroxylation sites is 1. The van der Waals surface area contributed by atoms with Crippen molar-refractivity contribution in [2.45, 2.75) is 43.7 Å². The van der Waals surface area contributed by atoms with Gasteiger partial charge in [-0.1, -0.05) is 36.4 Å². The third-order valence-electron chi connectivity index (χ3n) is 8.36. The normalized spacial score (nSPS) is 28.9. The van der Waals surface area contributed by atoms with Gasteiger partial charge in [-0.2, -0.15) is 0 Å². The van der Waals surface area contributed by atoms with Gasteiger partial charge in [0.1, 0.15) is 5.54 Å². The molecule has 182 valence electrons. The Kier molecular flexibility index (Phi) is 5.60. The molecule has 3 saturated heterocycles. The van der Waals surface area contributed by atoms with E-state index in [9.17, 15) is 14.4 Å². The Hall–Kier alpha value is -3.19. The fourth-order valence-corrected chi connectivity index (χ4v) is 6.89. The molecule has 4 aliphatic heterocycles. The van der Waals surface area contributed by atoms with Crippen LogP contribution in [0.15, 0.2) is 54.6 Å². The lowest BCUT2D eigenvalue weighted by Crippen LogP contribution is -2.56. The van der Waals surface area contributed by atoms with E-state index in [4.69, 9.17) is 0 Å². The number of amides is 3. The van der Waals surface area contributed by atoms with Crippen LogP contribution in [-0.4, -0.2) is 66.3 Å². The van der Waals surface area contributed by atoms with Gasteiger partial charge in [-0.3, -0.25) is 19.3 Å². The van der Waals surface area contributed by atoms with E-state index >= 15 is 0 Å². The molecule has 35 heavy (non-hydrogen) atoms. The fraction of sp³-hybridized carbons (Fsp3) is 0.464. The van der Waals surface area contributed by atoms with Crippen molar-refractivity contribution in [2.75, 3.05) is 37.6 Å². The summed E-state index contributed by atoms with van der Waals surface area (Å²) in [5, 5.41) is 3.14. The molecule has 3 amide bonds. The first kappa shape index (κ1) is 22.3. The van der Waals surface area contributed by atoms with Crippen LogP contribution < -0.4 is 10.2 Å². The number of carbonyl (C=O) groups excluding carboxylic acids is 3. The molecule has 1 spiro atoms. The summed E-state index contributed by atoms with van der Waals surface area (Å²) in [5.74, 6) is -0.407. The van der Waals surface area contributed by atoms with Crippen molar-refractivity contribution < 1.29 is 14.4 Å². The smallest absolute Gasteiger partial charge is 0.253 e. The summed E-state index contributed by atoms with van der Waals surface area (Å²) in [6, 6.07) is 17.6. The maximum atomic E-state index is 14.3. The van der Waals surface area contributed by atoms with Crippen molar-refractivity contribution in [3.8, 4) is 0 Å². The third-order valence-corrected chi connectivity index (χ3v) is 8.36. The standard InChI is InChI=1S/C28H32N4O3/c33-25-23-19-21-11-6-18-32(21)28(23)22-12-4-5-13-24(22)31(27(28)35)17-8-16-30(15-7-14-29-25)26(34)20-9-2-1-3-10-20/h1-5,9-10,12-13,21,23H,6-8,11,14-19H2,(H,29,33)/t21-,23-,28+/m0/s1. The molecule has 0 saturated carbocycles. The van der Waals surface area contributed by atoms with Gasteiger partial charge >= 0.3 is 0 Å². The monoisotopic (exact) mass is 472 g/mol. The summed E-state index contributed by atoms with van der Waals surface area (Å²) >= 11 is 0. The Morgan fingerprint density at radius 1 is 0.886 bits per heavy atom. The minimum atomic E-state index is -0.907. The van der Waals surface area contributed by atoms with Crippen LogP contribution in [0.25, 0.3) is 0 Å². The van der Waals surface area contributed by atoms with Crippen LogP contribution in [0.5, 0.6) is 0 Å². The van der Waals surface area contributed by atoms with Gasteiger partial charge in [0.15, 0.2) is 0 Å². The Morgan fingerprint density at radius 3 is 2.51 bits per heavy atom. The van der Waals surface area contributed by atoms with E-state index < -0.39 is 11.5 Å². The highest BCUT2D eigenvalue weighted by atomic mass is 16.2. The van der Waals surface area contributed by atoms with Crippen LogP contribution in [0, 0.1) is 5.92 Å². The zero-order valence-corrected chi connectivity index (χ0v) is 20.0. The molecule has 0 aliphatic carbocycles. The minimum Gasteiger partial charge on any atom is -0.356 e. The second-order valence-corrected chi connectivity index (χ2v) is 10.2. The van der Waals surface area contributed by atoms with Crippen LogP contribution in [0.4, 0.5) is 5.69 Å². The fourth-order valence-electron chi connectivity index (χ4n) is 6.89. The van der Waals surface area contributed by atoms with E-state index in [2.05, 4.69) is 10.2 Å². The molecule has 0 radical (unpaired) electrons. The van der Waals surface area contributed by atoms with Gasteiger partial charge in [0.05, 0.1) is 5.92 Å². The quantitative estimate of drug-likeness (QED) is 0.693. The number of nitrogens with one attached hydrogen (secondary N) is 1. The van der Waals surface area contributed by atoms with Gasteiger partial charge < -0.3 is 15.1 Å². The maximum Gasteiger partial charge on any atom is 0.253 e. The average Bonchev–Trinajstić information content (AvgIpc) is 3.54. The molecule has 3 atom stereocenters. The van der Waals surface area contributed by atoms with E-state index in [0.29, 0.717) is 44.6 Å². The van der Waals surface area contributed by atoms with Gasteiger partial charge in [0, 0.05) is 49.0 Å². The Morgan fingerprint density at radius 2 is 1.66 bits per heavy atom. The zero-order chi connectivity index (χ0) is 24.0. The predicted octanol–water partition coefficient (Wildman–Crippen LogP) is 2.77. The number of rotatable bonds is 1. The molecule has 3 fully saturated rings. The lowest BCUT2D eigenvalue weighted by atomic mass is 9.78. The van der Waals surface area contributed by atoms with Gasteiger partial charge in [0.25, 0.3) is 11.8 Å². The molecule has 7 nitrogen and oxygen atoms in total. The van der Waals surface area contributed by atoms with E-state index in [-0.39, 0.29) is 23.8 Å². The molecule has 0 unspecified atom stereocenters. The zero-order valence-electron chi connectivity index (χ0n) is 20.0. The molecule has 1 N–H and O–H groups in total. The van der Waals surface area contributed by atoms with E-state index in [1.54, 1.807) is 0 Å². The highest BCUT2D eigenvalue weighted by Crippen LogP contribution is 2.57. The molecule has 2 aromatic carbocycles. The third kappa shape index (κ3) is 3.39. The van der Waals surface area contributed by atoms with Crippen LogP contribution in [0.1, 0.15) is 48.0 Å². The summed E-state index contributed by atoms with van der Waals surface area (Å²) in [7, 11) is 0. The topological polar surface area (TPSA) is 73.0 Å². The summed E-state index contributed by atoms with van der Waals surface area (Å²) in [6.07, 6.45) is 4.19. The number of hydrogen-bond donors (Lipinski definition) is 1. The van der Waals surface area contributed by atoms with Gasteiger partial charge in [-0.05, 0) is 56.8 Å². The number of carbonyl (C=O) groups is 3. The molecule has 2 bridgehead atoms. The van der Waals surface area contributed by atoms with Crippen LogP contribution in [0.3, 0.4) is 0 Å². The van der Waals surface area contributed by atoms with Crippen molar-refractivity contribution in [1.82, 2.24) is 15.1 Å². The summed E-state index contributed by atoms with van der Waals surface area (Å²) in [5.41, 5.74) is 1.65. The Labute approximate surface area is 206 Å². The molecule has 0 aromatic heterocycles. The van der Waals surface area contributed by atoms with Crippen molar-refractivity contribution in [3.05, 3.63) is 65.7 Å². The van der Waals surface area contributed by atoms with E-state index in [0.717, 1.165) is 37.1 Å². The number of benzene rings is 2. The highest BCUT2D eigenvalue weighted by molar-refractivity contribution is 6.11. The molecule has 4 aliphatic rings. The second-order valence-electron chi connectivity index (χ2n) is 10.2. The summed E-state index contributed by atoms with van der Waals surface area (Å²) in [6.45, 7) is 3.01. The van der Waals surface area contributed by atoms with E-state index in [1.165, 1.54) is 0 Å². The van der Waals surface area contributed by atoms with Crippen LogP contribution in [-0.2, 0) is 15.1 Å². The molecule has 7 heteroatoms. The molecule has 2 aromatic rings. The van der Waals surface area contributed by atoms with Gasteiger partial charge in [0.2, 0.25) is 5.91 Å². The summed E-state index contributed by atoms with van der Waals surface area (Å²) in [4.78, 5) is 47.2. The Bertz CT molecular complexity index is 1150. The highest BCUT2D eigenvalue weighted by Gasteiger charge is 2.66.